The number of allylic oxidation sites excluding steroid dienone is 4. The van der Waals surface area contributed by atoms with E-state index in [-0.39, 0.29) is 0 Å². The summed E-state index contributed by atoms with van der Waals surface area (Å²) in [6, 6.07) is 72.0. The van der Waals surface area contributed by atoms with Gasteiger partial charge in [0.25, 0.3) is 0 Å². The van der Waals surface area contributed by atoms with Crippen molar-refractivity contribution >= 4 is 71.2 Å². The summed E-state index contributed by atoms with van der Waals surface area (Å²) in [5.74, 6) is 1.40. The smallest absolute Gasteiger partial charge is 0.135 e. The first-order chi connectivity index (χ1) is 32.1. The highest BCUT2D eigenvalue weighted by Gasteiger charge is 2.18. The average molecular weight is 833 g/mol. The molecule has 13 rings (SSSR count). The number of furan rings is 1. The maximum Gasteiger partial charge on any atom is 0.135 e. The SMILES string of the molecule is C=C1/C=C\C(n2c3ccccc3c3ccccc32)=C/Cc2cc(-c3cccc(-c4cc(-c5ccc6oc7ccccc7c6c5)cc(-n5c6ccccc6c6ccccc65)c4)c3)ccc2O1. The first-order valence-electron chi connectivity index (χ1n) is 22.1. The molecule has 0 unspecified atom stereocenters. The zero-order valence-corrected chi connectivity index (χ0v) is 35.4. The highest BCUT2D eigenvalue weighted by Crippen LogP contribution is 2.40. The average Bonchev–Trinajstić information content (AvgIpc) is 4.03. The number of fused-ring (bicyclic) bond motifs is 10. The van der Waals surface area contributed by atoms with Crippen LogP contribution < -0.4 is 4.74 Å². The molecule has 9 aromatic carbocycles. The Balaban J connectivity index is 0.941. The molecular formula is C61H40N2O2. The molecule has 4 heteroatoms. The van der Waals surface area contributed by atoms with Crippen molar-refractivity contribution in [1.82, 2.24) is 9.13 Å². The summed E-state index contributed by atoms with van der Waals surface area (Å²) in [4.78, 5) is 0. The van der Waals surface area contributed by atoms with Crippen LogP contribution in [0.3, 0.4) is 0 Å². The number of benzene rings is 9. The van der Waals surface area contributed by atoms with E-state index in [9.17, 15) is 0 Å². The summed E-state index contributed by atoms with van der Waals surface area (Å²) in [7, 11) is 0. The van der Waals surface area contributed by atoms with Crippen LogP contribution in [-0.4, -0.2) is 9.13 Å². The molecule has 1 aliphatic rings. The first-order valence-corrected chi connectivity index (χ1v) is 22.1. The molecule has 0 radical (unpaired) electrons. The number of aromatic nitrogens is 2. The fraction of sp³-hybridized carbons (Fsp3) is 0.0164. The van der Waals surface area contributed by atoms with E-state index in [0.29, 0.717) is 12.2 Å². The molecule has 0 fully saturated rings. The van der Waals surface area contributed by atoms with Gasteiger partial charge in [-0.05, 0) is 136 Å². The third-order valence-electron chi connectivity index (χ3n) is 13.1. The van der Waals surface area contributed by atoms with Crippen LogP contribution >= 0.6 is 0 Å². The monoisotopic (exact) mass is 832 g/mol. The van der Waals surface area contributed by atoms with Crippen molar-refractivity contribution < 1.29 is 9.15 Å². The van der Waals surface area contributed by atoms with Gasteiger partial charge in [-0.25, -0.2) is 0 Å². The summed E-state index contributed by atoms with van der Waals surface area (Å²) in [5.41, 5.74) is 16.5. The van der Waals surface area contributed by atoms with E-state index in [1.807, 2.05) is 18.2 Å². The van der Waals surface area contributed by atoms with E-state index >= 15 is 0 Å². The van der Waals surface area contributed by atoms with E-state index in [2.05, 4.69) is 216 Å². The van der Waals surface area contributed by atoms with Crippen molar-refractivity contribution in [3.8, 4) is 44.8 Å². The Hall–Kier alpha value is -8.60. The van der Waals surface area contributed by atoms with Crippen LogP contribution in [0.1, 0.15) is 5.56 Å². The molecule has 12 aromatic rings. The number of rotatable bonds is 5. The lowest BCUT2D eigenvalue weighted by atomic mass is 9.94. The summed E-state index contributed by atoms with van der Waals surface area (Å²) in [5, 5.41) is 7.16. The summed E-state index contributed by atoms with van der Waals surface area (Å²) in [6.45, 7) is 4.28. The molecule has 4 nitrogen and oxygen atoms in total. The maximum absolute atomic E-state index is 6.42. The maximum atomic E-state index is 6.42. The second kappa shape index (κ2) is 14.8. The van der Waals surface area contributed by atoms with Gasteiger partial charge in [-0.15, -0.1) is 0 Å². The lowest BCUT2D eigenvalue weighted by molar-refractivity contribution is 0.443. The summed E-state index contributed by atoms with van der Waals surface area (Å²) < 4.78 is 17.4. The van der Waals surface area contributed by atoms with Crippen LogP contribution in [0.25, 0.3) is 110 Å². The van der Waals surface area contributed by atoms with Crippen LogP contribution in [0.2, 0.25) is 0 Å². The Kier molecular flexibility index (Phi) is 8.40. The fourth-order valence-corrected chi connectivity index (χ4v) is 10.1. The standard InChI is InChI=1S/C61H40N2O2/c1-39-25-29-47(62-55-20-7-2-15-49(55)50-16-3-8-21-56(50)62)30-26-44-34-42(27-31-59(44)64-39)40-13-12-14-41(33-40)45-35-46(43-28-32-61-54(38-43)53-19-6-11-24-60(53)65-61)37-48(36-45)63-57-22-9-4-17-51(57)52-18-5-10-23-58(52)63/h2-25,27-38H,1,26H2/b29-25-,47-30+. The number of para-hydroxylation sites is 5. The Labute approximate surface area is 375 Å². The molecule has 0 saturated carbocycles. The molecule has 306 valence electrons. The lowest BCUT2D eigenvalue weighted by Gasteiger charge is -2.15. The molecule has 65 heavy (non-hydrogen) atoms. The molecule has 0 spiro atoms. The van der Waals surface area contributed by atoms with Gasteiger partial charge in [-0.1, -0.05) is 134 Å². The minimum absolute atomic E-state index is 0.591. The zero-order chi connectivity index (χ0) is 43.0. The molecule has 0 bridgehead atoms. The molecule has 4 heterocycles. The van der Waals surface area contributed by atoms with Crippen LogP contribution in [0, 0.1) is 0 Å². The minimum atomic E-state index is 0.591. The van der Waals surface area contributed by atoms with Gasteiger partial charge < -0.3 is 18.3 Å². The Morgan fingerprint density at radius 3 is 1.55 bits per heavy atom. The van der Waals surface area contributed by atoms with Crippen LogP contribution in [-0.2, 0) is 6.42 Å². The number of nitrogens with zero attached hydrogens (tertiary/aromatic N) is 2. The Morgan fingerprint density at radius 2 is 0.892 bits per heavy atom. The fourth-order valence-electron chi connectivity index (χ4n) is 10.1. The highest BCUT2D eigenvalue weighted by atomic mass is 16.5. The van der Waals surface area contributed by atoms with Gasteiger partial charge >= 0.3 is 0 Å². The molecule has 0 aliphatic carbocycles. The number of hydrogen-bond acceptors (Lipinski definition) is 2. The van der Waals surface area contributed by atoms with E-state index in [1.165, 1.54) is 43.6 Å². The van der Waals surface area contributed by atoms with Gasteiger partial charge in [0, 0.05) is 43.7 Å². The molecule has 3 aromatic heterocycles. The van der Waals surface area contributed by atoms with Crippen molar-refractivity contribution in [2.24, 2.45) is 0 Å². The van der Waals surface area contributed by atoms with Gasteiger partial charge in [0.1, 0.15) is 22.7 Å². The van der Waals surface area contributed by atoms with Crippen molar-refractivity contribution in [3.63, 3.8) is 0 Å². The largest absolute Gasteiger partial charge is 0.458 e. The van der Waals surface area contributed by atoms with Crippen molar-refractivity contribution in [3.05, 3.63) is 236 Å². The van der Waals surface area contributed by atoms with Crippen LogP contribution in [0.4, 0.5) is 0 Å². The van der Waals surface area contributed by atoms with Crippen LogP contribution in [0.5, 0.6) is 5.75 Å². The van der Waals surface area contributed by atoms with Crippen LogP contribution in [0.15, 0.2) is 235 Å². The zero-order valence-electron chi connectivity index (χ0n) is 35.4. The molecule has 0 saturated heterocycles. The first kappa shape index (κ1) is 37.0. The highest BCUT2D eigenvalue weighted by molar-refractivity contribution is 6.11. The van der Waals surface area contributed by atoms with E-state index < -0.39 is 0 Å². The van der Waals surface area contributed by atoms with Gasteiger partial charge in [0.15, 0.2) is 0 Å². The van der Waals surface area contributed by atoms with Crippen molar-refractivity contribution in [2.45, 2.75) is 6.42 Å². The van der Waals surface area contributed by atoms with Gasteiger partial charge in [-0.3, -0.25) is 0 Å². The quantitative estimate of drug-likeness (QED) is 0.173. The topological polar surface area (TPSA) is 32.2 Å². The predicted octanol–water partition coefficient (Wildman–Crippen LogP) is 16.3. The minimum Gasteiger partial charge on any atom is -0.458 e. The molecule has 0 N–H and O–H groups in total. The van der Waals surface area contributed by atoms with E-state index in [1.54, 1.807) is 0 Å². The summed E-state index contributed by atoms with van der Waals surface area (Å²) >= 11 is 0. The van der Waals surface area contributed by atoms with Crippen molar-refractivity contribution in [2.75, 3.05) is 0 Å². The van der Waals surface area contributed by atoms with E-state index in [0.717, 1.165) is 78.0 Å². The van der Waals surface area contributed by atoms with Gasteiger partial charge in [-0.2, -0.15) is 0 Å². The predicted molar refractivity (Wildman–Crippen MR) is 271 cm³/mol. The number of hydrogen-bond donors (Lipinski definition) is 0. The van der Waals surface area contributed by atoms with Gasteiger partial charge in [0.05, 0.1) is 22.1 Å². The molecular weight excluding hydrogens is 793 g/mol. The van der Waals surface area contributed by atoms with E-state index in [4.69, 9.17) is 9.15 Å². The second-order valence-electron chi connectivity index (χ2n) is 17.0. The lowest BCUT2D eigenvalue weighted by Crippen LogP contribution is -1.96. The summed E-state index contributed by atoms with van der Waals surface area (Å²) in [6.07, 6.45) is 7.08. The molecule has 0 atom stereocenters. The molecule has 0 amide bonds. The third kappa shape index (κ3) is 6.14. The van der Waals surface area contributed by atoms with Gasteiger partial charge in [0.2, 0.25) is 0 Å². The Bertz CT molecular complexity index is 3880. The number of ether oxygens (including phenoxy) is 1. The van der Waals surface area contributed by atoms with Crippen molar-refractivity contribution in [1.29, 1.82) is 0 Å². The third-order valence-corrected chi connectivity index (χ3v) is 13.1. The second-order valence-corrected chi connectivity index (χ2v) is 17.0. The Morgan fingerprint density at radius 1 is 0.385 bits per heavy atom. The molecule has 1 aliphatic heterocycles. The normalized spacial score (nSPS) is 14.3.